The fourth-order valence-electron chi connectivity index (χ4n) is 4.39. The van der Waals surface area contributed by atoms with Crippen molar-refractivity contribution >= 4 is 32.4 Å². The summed E-state index contributed by atoms with van der Waals surface area (Å²) in [5.41, 5.74) is 2.31. The minimum absolute atomic E-state index is 0.329. The van der Waals surface area contributed by atoms with Crippen LogP contribution in [0.15, 0.2) is 113 Å². The average Bonchev–Trinajstić information content (AvgIpc) is 2.83. The first kappa shape index (κ1) is 18.3. The molecule has 0 aliphatic heterocycles. The summed E-state index contributed by atoms with van der Waals surface area (Å²) in [6, 6.07) is 33.4. The van der Waals surface area contributed by atoms with E-state index < -0.39 is 5.69 Å². The molecule has 152 valence electrons. The third-order valence-electron chi connectivity index (χ3n) is 5.99. The third-order valence-corrected chi connectivity index (χ3v) is 5.99. The molecule has 0 fully saturated rings. The van der Waals surface area contributed by atoms with E-state index in [1.54, 1.807) is 12.1 Å². The summed E-state index contributed by atoms with van der Waals surface area (Å²) in [5, 5.41) is 4.62. The lowest BCUT2D eigenvalue weighted by molar-refractivity contribution is 0.908. The summed E-state index contributed by atoms with van der Waals surface area (Å²) in [6.07, 6.45) is 0. The fraction of sp³-hybridized carbons (Fsp3) is 0. The van der Waals surface area contributed by atoms with E-state index >= 15 is 0 Å². The van der Waals surface area contributed by atoms with Crippen LogP contribution in [0.3, 0.4) is 0 Å². The summed E-state index contributed by atoms with van der Waals surface area (Å²) < 4.78 is 1.22. The van der Waals surface area contributed by atoms with Crippen LogP contribution in [-0.2, 0) is 0 Å². The predicted octanol–water partition coefficient (Wildman–Crippen LogP) is 5.65. The summed E-state index contributed by atoms with van der Waals surface area (Å²) in [5.74, 6) is 0. The zero-order chi connectivity index (χ0) is 21.7. The first-order valence-corrected chi connectivity index (χ1v) is 10.5. The van der Waals surface area contributed by atoms with Gasteiger partial charge in [0.25, 0.3) is 5.56 Å². The van der Waals surface area contributed by atoms with Crippen LogP contribution in [0.2, 0.25) is 0 Å². The number of nitrogens with zero attached hydrogens (tertiary/aromatic N) is 1. The second-order valence-corrected chi connectivity index (χ2v) is 7.89. The molecule has 5 aromatic carbocycles. The number of hydrogen-bond donors (Lipinski definition) is 1. The number of aromatic nitrogens is 2. The summed E-state index contributed by atoms with van der Waals surface area (Å²) in [6.45, 7) is 0. The molecule has 0 atom stereocenters. The number of fused-ring (bicyclic) bond motifs is 3. The molecule has 0 unspecified atom stereocenters. The zero-order valence-electron chi connectivity index (χ0n) is 17.1. The lowest BCUT2D eigenvalue weighted by Crippen LogP contribution is -2.33. The molecular weight excluding hydrogens is 396 g/mol. The highest BCUT2D eigenvalue weighted by molar-refractivity contribution is 5.92. The van der Waals surface area contributed by atoms with Crippen LogP contribution in [0.1, 0.15) is 0 Å². The number of hydrogen-bond acceptors (Lipinski definition) is 2. The van der Waals surface area contributed by atoms with Gasteiger partial charge in [0.2, 0.25) is 0 Å². The first-order valence-electron chi connectivity index (χ1n) is 10.5. The topological polar surface area (TPSA) is 54.9 Å². The van der Waals surface area contributed by atoms with E-state index in [1.807, 2.05) is 60.7 Å². The molecule has 0 radical (unpaired) electrons. The van der Waals surface area contributed by atoms with Crippen molar-refractivity contribution in [3.63, 3.8) is 0 Å². The predicted molar refractivity (Wildman–Crippen MR) is 131 cm³/mol. The normalized spacial score (nSPS) is 11.4. The minimum Gasteiger partial charge on any atom is -0.306 e. The maximum absolute atomic E-state index is 13.4. The second-order valence-electron chi connectivity index (χ2n) is 7.89. The highest BCUT2D eigenvalue weighted by atomic mass is 16.2. The van der Waals surface area contributed by atoms with Crippen molar-refractivity contribution in [3.8, 4) is 16.8 Å². The van der Waals surface area contributed by atoms with Crippen molar-refractivity contribution in [3.05, 3.63) is 124 Å². The number of nitrogens with one attached hydrogen (secondary N) is 1. The lowest BCUT2D eigenvalue weighted by atomic mass is 10.0. The van der Waals surface area contributed by atoms with Gasteiger partial charge in [0, 0.05) is 5.39 Å². The molecule has 0 aliphatic carbocycles. The van der Waals surface area contributed by atoms with Gasteiger partial charge in [-0.3, -0.25) is 4.79 Å². The van der Waals surface area contributed by atoms with Crippen LogP contribution in [0, 0.1) is 0 Å². The number of aromatic amines is 1. The van der Waals surface area contributed by atoms with Gasteiger partial charge < -0.3 is 4.98 Å². The van der Waals surface area contributed by atoms with Crippen molar-refractivity contribution < 1.29 is 0 Å². The van der Waals surface area contributed by atoms with Crippen LogP contribution in [0.25, 0.3) is 49.3 Å². The van der Waals surface area contributed by atoms with Gasteiger partial charge in [-0.15, -0.1) is 0 Å². The standard InChI is InChI=1S/C28H18N2O2/c31-27-24-15-14-22(21-13-12-18-6-1-2-8-20(18)16-21)17-25(24)29-28(32)30(27)26-11-5-9-19-7-3-4-10-23(19)26/h1-17H,(H,29,32). The van der Waals surface area contributed by atoms with Crippen LogP contribution in [-0.4, -0.2) is 9.55 Å². The van der Waals surface area contributed by atoms with Crippen molar-refractivity contribution in [1.29, 1.82) is 0 Å². The van der Waals surface area contributed by atoms with Crippen molar-refractivity contribution in [2.24, 2.45) is 0 Å². The molecule has 4 nitrogen and oxygen atoms in total. The molecule has 0 spiro atoms. The second kappa shape index (κ2) is 7.06. The van der Waals surface area contributed by atoms with Crippen LogP contribution >= 0.6 is 0 Å². The molecule has 6 rings (SSSR count). The van der Waals surface area contributed by atoms with E-state index in [0.717, 1.165) is 27.3 Å². The number of H-pyrrole nitrogens is 1. The summed E-state index contributed by atoms with van der Waals surface area (Å²) >= 11 is 0. The number of benzene rings is 5. The fourth-order valence-corrected chi connectivity index (χ4v) is 4.39. The van der Waals surface area contributed by atoms with Gasteiger partial charge in [0.1, 0.15) is 0 Å². The number of rotatable bonds is 2. The third kappa shape index (κ3) is 2.85. The van der Waals surface area contributed by atoms with Gasteiger partial charge in [0.15, 0.2) is 0 Å². The molecule has 1 aromatic heterocycles. The van der Waals surface area contributed by atoms with Gasteiger partial charge >= 0.3 is 5.69 Å². The van der Waals surface area contributed by atoms with Crippen molar-refractivity contribution in [2.45, 2.75) is 0 Å². The molecule has 0 bridgehead atoms. The zero-order valence-corrected chi connectivity index (χ0v) is 17.1. The van der Waals surface area contributed by atoms with E-state index in [0.29, 0.717) is 16.6 Å². The largest absolute Gasteiger partial charge is 0.333 e. The Hall–Kier alpha value is -4.44. The van der Waals surface area contributed by atoms with Gasteiger partial charge in [-0.1, -0.05) is 78.9 Å². The molecule has 6 aromatic rings. The Morgan fingerprint density at radius 3 is 2.12 bits per heavy atom. The van der Waals surface area contributed by atoms with Gasteiger partial charge in [-0.05, 0) is 51.6 Å². The Morgan fingerprint density at radius 2 is 1.25 bits per heavy atom. The van der Waals surface area contributed by atoms with E-state index in [4.69, 9.17) is 0 Å². The lowest BCUT2D eigenvalue weighted by Gasteiger charge is -2.11. The van der Waals surface area contributed by atoms with Crippen LogP contribution in [0.5, 0.6) is 0 Å². The molecule has 0 saturated heterocycles. The highest BCUT2D eigenvalue weighted by Gasteiger charge is 2.13. The Morgan fingerprint density at radius 1 is 0.562 bits per heavy atom. The van der Waals surface area contributed by atoms with Crippen LogP contribution < -0.4 is 11.2 Å². The SMILES string of the molecule is O=c1[nH]c2cc(-c3ccc4ccccc4c3)ccc2c(=O)n1-c1cccc2ccccc12. The molecule has 32 heavy (non-hydrogen) atoms. The highest BCUT2D eigenvalue weighted by Crippen LogP contribution is 2.26. The smallest absolute Gasteiger partial charge is 0.306 e. The Bertz CT molecular complexity index is 1770. The summed E-state index contributed by atoms with van der Waals surface area (Å²) in [7, 11) is 0. The Kier molecular flexibility index (Phi) is 4.05. The molecule has 0 saturated carbocycles. The Balaban J connectivity index is 1.55. The molecule has 0 amide bonds. The first-order chi connectivity index (χ1) is 15.7. The Labute approximate surface area is 183 Å². The molecule has 1 heterocycles. The van der Waals surface area contributed by atoms with E-state index in [1.165, 1.54) is 9.95 Å². The maximum atomic E-state index is 13.4. The van der Waals surface area contributed by atoms with Gasteiger partial charge in [-0.2, -0.15) is 0 Å². The average molecular weight is 414 g/mol. The summed E-state index contributed by atoms with van der Waals surface area (Å²) in [4.78, 5) is 29.3. The maximum Gasteiger partial charge on any atom is 0.333 e. The van der Waals surface area contributed by atoms with Crippen molar-refractivity contribution in [2.75, 3.05) is 0 Å². The van der Waals surface area contributed by atoms with Crippen molar-refractivity contribution in [1.82, 2.24) is 9.55 Å². The molecule has 4 heteroatoms. The molecule has 0 aliphatic rings. The van der Waals surface area contributed by atoms with E-state index in [-0.39, 0.29) is 5.56 Å². The quantitative estimate of drug-likeness (QED) is 0.398. The van der Waals surface area contributed by atoms with E-state index in [2.05, 4.69) is 35.3 Å². The van der Waals surface area contributed by atoms with Gasteiger partial charge in [-0.25, -0.2) is 9.36 Å². The van der Waals surface area contributed by atoms with Gasteiger partial charge in [0.05, 0.1) is 16.6 Å². The van der Waals surface area contributed by atoms with Crippen LogP contribution in [0.4, 0.5) is 0 Å². The monoisotopic (exact) mass is 414 g/mol. The molecular formula is C28H18N2O2. The minimum atomic E-state index is -0.450. The molecule has 1 N–H and O–H groups in total. The van der Waals surface area contributed by atoms with E-state index in [9.17, 15) is 9.59 Å².